The van der Waals surface area contributed by atoms with Crippen molar-refractivity contribution in [1.82, 2.24) is 14.8 Å². The molecule has 190 valence electrons. The molecule has 7 nitrogen and oxygen atoms in total. The topological polar surface area (TPSA) is 83.3 Å². The van der Waals surface area contributed by atoms with E-state index in [0.717, 1.165) is 48.1 Å². The summed E-state index contributed by atoms with van der Waals surface area (Å²) < 4.78 is 12.5. The molecule has 0 atom stereocenters. The Balaban J connectivity index is 1.39. The molecule has 1 aliphatic carbocycles. The van der Waals surface area contributed by atoms with E-state index in [9.17, 15) is 9.59 Å². The molecule has 0 aliphatic heterocycles. The van der Waals surface area contributed by atoms with Crippen molar-refractivity contribution in [3.05, 3.63) is 71.3 Å². The van der Waals surface area contributed by atoms with Crippen molar-refractivity contribution >= 4 is 5.97 Å². The molecule has 2 heterocycles. The lowest BCUT2D eigenvalue weighted by Crippen LogP contribution is -2.30. The van der Waals surface area contributed by atoms with Gasteiger partial charge in [-0.05, 0) is 76.0 Å². The van der Waals surface area contributed by atoms with Gasteiger partial charge in [-0.1, -0.05) is 30.3 Å². The van der Waals surface area contributed by atoms with Gasteiger partial charge in [-0.15, -0.1) is 0 Å². The maximum absolute atomic E-state index is 13.1. The van der Waals surface area contributed by atoms with Gasteiger partial charge in [0.25, 0.3) is 5.56 Å². The minimum absolute atomic E-state index is 0.0125. The van der Waals surface area contributed by atoms with Gasteiger partial charge in [-0.2, -0.15) is 5.10 Å². The summed E-state index contributed by atoms with van der Waals surface area (Å²) in [5.41, 5.74) is 2.83. The van der Waals surface area contributed by atoms with Gasteiger partial charge in [0.1, 0.15) is 17.9 Å². The monoisotopic (exact) mass is 489 g/mol. The molecule has 1 aliphatic rings. The van der Waals surface area contributed by atoms with E-state index in [1.165, 1.54) is 0 Å². The van der Waals surface area contributed by atoms with Crippen LogP contribution in [0, 0.1) is 11.8 Å². The fourth-order valence-corrected chi connectivity index (χ4v) is 4.68. The van der Waals surface area contributed by atoms with Crippen molar-refractivity contribution in [3.63, 3.8) is 0 Å². The third-order valence-corrected chi connectivity index (χ3v) is 6.41. The highest BCUT2D eigenvalue weighted by molar-refractivity contribution is 5.79. The van der Waals surface area contributed by atoms with Crippen LogP contribution >= 0.6 is 0 Å². The van der Waals surface area contributed by atoms with Crippen LogP contribution in [0.2, 0.25) is 0 Å². The summed E-state index contributed by atoms with van der Waals surface area (Å²) in [7, 11) is 0. The maximum Gasteiger partial charge on any atom is 0.332 e. The Morgan fingerprint density at radius 2 is 1.69 bits per heavy atom. The smallest absolute Gasteiger partial charge is 0.332 e. The number of rotatable bonds is 8. The van der Waals surface area contributed by atoms with Crippen molar-refractivity contribution in [1.29, 1.82) is 0 Å². The molecule has 0 unspecified atom stereocenters. The fourth-order valence-electron chi connectivity index (χ4n) is 4.68. The Morgan fingerprint density at radius 1 is 1.00 bits per heavy atom. The molecule has 1 saturated carbocycles. The number of pyridine rings is 1. The number of benzene rings is 1. The van der Waals surface area contributed by atoms with Gasteiger partial charge in [-0.25, -0.2) is 9.48 Å². The first-order valence-corrected chi connectivity index (χ1v) is 12.7. The van der Waals surface area contributed by atoms with Crippen LogP contribution in [0.5, 0.6) is 0 Å². The van der Waals surface area contributed by atoms with Crippen LogP contribution < -0.4 is 5.56 Å². The molecule has 0 radical (unpaired) electrons. The number of esters is 1. The van der Waals surface area contributed by atoms with E-state index in [-0.39, 0.29) is 18.1 Å². The second-order valence-corrected chi connectivity index (χ2v) is 10.5. The summed E-state index contributed by atoms with van der Waals surface area (Å²) in [5.74, 6) is 0.464. The second-order valence-electron chi connectivity index (χ2n) is 10.5. The van der Waals surface area contributed by atoms with Crippen LogP contribution in [0.1, 0.15) is 46.5 Å². The standard InChI is InChI=1S/C29H35N3O4/c1-29(2,3)36-27(34)20-35-19-22-13-11-21(12-14-22)18-32-26(33)16-25(23-8-5-4-6-9-23)28(31-32)24-10-7-15-30-17-24/h4-10,15-17,21-22H,11-14,18-20H2,1-3H3. The highest BCUT2D eigenvalue weighted by Gasteiger charge is 2.24. The molecular weight excluding hydrogens is 454 g/mol. The van der Waals surface area contributed by atoms with Gasteiger partial charge >= 0.3 is 5.97 Å². The molecule has 3 aromatic rings. The third-order valence-electron chi connectivity index (χ3n) is 6.41. The molecule has 0 spiro atoms. The molecule has 2 aromatic heterocycles. The van der Waals surface area contributed by atoms with Crippen LogP contribution in [0.25, 0.3) is 22.4 Å². The molecule has 1 fully saturated rings. The first kappa shape index (κ1) is 25.8. The van der Waals surface area contributed by atoms with Gasteiger partial charge in [0.05, 0.1) is 6.61 Å². The van der Waals surface area contributed by atoms with Gasteiger partial charge in [0.15, 0.2) is 0 Å². The number of carbonyl (C=O) groups is 1. The average Bonchev–Trinajstić information content (AvgIpc) is 2.86. The van der Waals surface area contributed by atoms with Crippen LogP contribution in [-0.2, 0) is 20.8 Å². The molecule has 36 heavy (non-hydrogen) atoms. The summed E-state index contributed by atoms with van der Waals surface area (Å²) in [6.07, 6.45) is 7.52. The Morgan fingerprint density at radius 3 is 2.36 bits per heavy atom. The van der Waals surface area contributed by atoms with Gasteiger partial charge in [0, 0.05) is 36.1 Å². The first-order valence-electron chi connectivity index (χ1n) is 12.7. The Labute approximate surface area is 212 Å². The lowest BCUT2D eigenvalue weighted by molar-refractivity contribution is -0.160. The Hall–Kier alpha value is -3.32. The van der Waals surface area contributed by atoms with E-state index >= 15 is 0 Å². The van der Waals surface area contributed by atoms with Crippen molar-refractivity contribution in [2.24, 2.45) is 11.8 Å². The van der Waals surface area contributed by atoms with Crippen LogP contribution in [-0.4, -0.2) is 39.5 Å². The Kier molecular flexibility index (Phi) is 8.31. The maximum atomic E-state index is 13.1. The normalized spacial score (nSPS) is 18.1. The quantitative estimate of drug-likeness (QED) is 0.408. The average molecular weight is 490 g/mol. The highest BCUT2D eigenvalue weighted by atomic mass is 16.6. The van der Waals surface area contributed by atoms with Crippen LogP contribution in [0.4, 0.5) is 0 Å². The van der Waals surface area contributed by atoms with Crippen LogP contribution in [0.3, 0.4) is 0 Å². The summed E-state index contributed by atoms with van der Waals surface area (Å²) in [6.45, 7) is 6.68. The number of ether oxygens (including phenoxy) is 2. The fraction of sp³-hybridized carbons (Fsp3) is 0.448. The van der Waals surface area contributed by atoms with Crippen molar-refractivity contribution in [2.45, 2.75) is 58.6 Å². The number of hydrogen-bond acceptors (Lipinski definition) is 6. The van der Waals surface area contributed by atoms with E-state index in [4.69, 9.17) is 14.6 Å². The number of nitrogens with zero attached hydrogens (tertiary/aromatic N) is 3. The molecule has 0 saturated heterocycles. The van der Waals surface area contributed by atoms with Gasteiger partial charge in [0.2, 0.25) is 0 Å². The van der Waals surface area contributed by atoms with E-state index in [2.05, 4.69) is 4.98 Å². The molecule has 0 bridgehead atoms. The second kappa shape index (κ2) is 11.6. The molecule has 1 aromatic carbocycles. The number of hydrogen-bond donors (Lipinski definition) is 0. The summed E-state index contributed by atoms with van der Waals surface area (Å²) in [5, 5.41) is 4.82. The lowest BCUT2D eigenvalue weighted by atomic mass is 9.82. The predicted molar refractivity (Wildman–Crippen MR) is 139 cm³/mol. The van der Waals surface area contributed by atoms with Crippen molar-refractivity contribution in [3.8, 4) is 22.4 Å². The van der Waals surface area contributed by atoms with E-state index < -0.39 is 5.60 Å². The SMILES string of the molecule is CC(C)(C)OC(=O)COCC1CCC(Cn2nc(-c3cccnc3)c(-c3ccccc3)cc2=O)CC1. The summed E-state index contributed by atoms with van der Waals surface area (Å²) >= 11 is 0. The zero-order valence-electron chi connectivity index (χ0n) is 21.4. The summed E-state index contributed by atoms with van der Waals surface area (Å²) in [6, 6.07) is 15.4. The van der Waals surface area contributed by atoms with Gasteiger partial charge < -0.3 is 9.47 Å². The van der Waals surface area contributed by atoms with Crippen LogP contribution in [0.15, 0.2) is 65.7 Å². The van der Waals surface area contributed by atoms with Crippen molar-refractivity contribution < 1.29 is 14.3 Å². The largest absolute Gasteiger partial charge is 0.458 e. The first-order chi connectivity index (χ1) is 17.3. The lowest BCUT2D eigenvalue weighted by Gasteiger charge is -2.28. The molecule has 4 rings (SSSR count). The van der Waals surface area contributed by atoms with E-state index in [1.54, 1.807) is 23.1 Å². The van der Waals surface area contributed by atoms with E-state index in [1.807, 2.05) is 63.2 Å². The Bertz CT molecular complexity index is 1190. The molecule has 0 N–H and O–H groups in total. The van der Waals surface area contributed by atoms with Crippen molar-refractivity contribution in [2.75, 3.05) is 13.2 Å². The number of aromatic nitrogens is 3. The highest BCUT2D eigenvalue weighted by Crippen LogP contribution is 2.31. The molecule has 7 heteroatoms. The summed E-state index contributed by atoms with van der Waals surface area (Å²) in [4.78, 5) is 29.2. The predicted octanol–water partition coefficient (Wildman–Crippen LogP) is 5.14. The minimum Gasteiger partial charge on any atom is -0.458 e. The third kappa shape index (κ3) is 7.10. The minimum atomic E-state index is -0.499. The zero-order chi connectivity index (χ0) is 25.5. The zero-order valence-corrected chi connectivity index (χ0v) is 21.4. The van der Waals surface area contributed by atoms with E-state index in [0.29, 0.717) is 25.0 Å². The molecular formula is C29H35N3O4. The number of carbonyl (C=O) groups excluding carboxylic acids is 1. The van der Waals surface area contributed by atoms with Gasteiger partial charge in [-0.3, -0.25) is 9.78 Å². The molecule has 0 amide bonds.